The van der Waals surface area contributed by atoms with Crippen molar-refractivity contribution in [1.82, 2.24) is 0 Å². The van der Waals surface area contributed by atoms with Gasteiger partial charge in [0.2, 0.25) is 0 Å². The molecule has 6 aromatic carbocycles. The van der Waals surface area contributed by atoms with Gasteiger partial charge < -0.3 is 39.8 Å². The first kappa shape index (κ1) is 52.0. The summed E-state index contributed by atoms with van der Waals surface area (Å²) in [5.41, 5.74) is 0.772. The summed E-state index contributed by atoms with van der Waals surface area (Å²) in [5.74, 6) is -3.10. The zero-order valence-corrected chi connectivity index (χ0v) is 40.2. The maximum atomic E-state index is 12.9. The largest absolute Gasteiger partial charge is 0.493 e. The first-order chi connectivity index (χ1) is 32.1. The van der Waals surface area contributed by atoms with Crippen LogP contribution in [-0.4, -0.2) is 79.2 Å². The van der Waals surface area contributed by atoms with E-state index in [1.807, 2.05) is 0 Å². The highest BCUT2D eigenvalue weighted by Crippen LogP contribution is 2.40. The van der Waals surface area contributed by atoms with Crippen molar-refractivity contribution in [2.75, 3.05) is 48.5 Å². The van der Waals surface area contributed by atoms with Gasteiger partial charge in [0.15, 0.2) is 23.0 Å². The van der Waals surface area contributed by atoms with E-state index in [4.69, 9.17) is 75.6 Å². The Bertz CT molecular complexity index is 2930. The molecule has 24 heteroatoms. The number of hydrogen-bond acceptors (Lipinski definition) is 12. The number of rotatable bonds is 16. The van der Waals surface area contributed by atoms with Gasteiger partial charge in [0.1, 0.15) is 0 Å². The Hall–Kier alpha value is -6.94. The van der Waals surface area contributed by atoms with Crippen LogP contribution in [0.2, 0.25) is 20.1 Å². The second kappa shape index (κ2) is 22.2. The van der Waals surface area contributed by atoms with E-state index in [-0.39, 0.29) is 86.5 Å². The van der Waals surface area contributed by atoms with E-state index in [0.717, 1.165) is 0 Å². The predicted octanol–water partition coefficient (Wildman–Crippen LogP) is 9.52. The molecule has 0 aliphatic heterocycles. The number of carbonyl (C=O) groups excluding carboxylic acids is 2. The molecule has 6 aromatic rings. The fraction of sp³-hybridized carbons (Fsp3) is 0.0909. The van der Waals surface area contributed by atoms with E-state index in [2.05, 4.69) is 20.1 Å². The number of carbonyl (C=O) groups is 4. The minimum Gasteiger partial charge on any atom is -0.493 e. The molecule has 2 amide bonds. The van der Waals surface area contributed by atoms with E-state index in [0.29, 0.717) is 11.4 Å². The van der Waals surface area contributed by atoms with Gasteiger partial charge in [-0.25, -0.2) is 26.4 Å². The molecule has 0 atom stereocenters. The quantitative estimate of drug-likeness (QED) is 0.0527. The number of ether oxygens (including phenoxy) is 4. The predicted molar refractivity (Wildman–Crippen MR) is 256 cm³/mol. The first-order valence-electron chi connectivity index (χ1n) is 18.9. The Morgan fingerprint density at radius 3 is 1.06 bits per heavy atom. The van der Waals surface area contributed by atoms with Crippen LogP contribution in [0.4, 0.5) is 22.7 Å². The number of methoxy groups -OCH3 is 4. The molecule has 6 rings (SSSR count). The Morgan fingerprint density at radius 1 is 0.441 bits per heavy atom. The monoisotopic (exact) mass is 1050 g/mol. The molecule has 6 N–H and O–H groups in total. The van der Waals surface area contributed by atoms with Crippen LogP contribution in [0.15, 0.2) is 119 Å². The highest BCUT2D eigenvalue weighted by Gasteiger charge is 2.25. The maximum Gasteiger partial charge on any atom is 0.335 e. The molecule has 0 saturated carbocycles. The van der Waals surface area contributed by atoms with E-state index in [1.165, 1.54) is 138 Å². The number of amides is 2. The Balaban J connectivity index is 0.000000254. The van der Waals surface area contributed by atoms with Crippen LogP contribution in [0.25, 0.3) is 0 Å². The molecular weight excluding hydrogens is 1010 g/mol. The average molecular weight is 1050 g/mol. The molecule has 0 heterocycles. The lowest BCUT2D eigenvalue weighted by Gasteiger charge is -2.17. The highest BCUT2D eigenvalue weighted by atomic mass is 35.5. The summed E-state index contributed by atoms with van der Waals surface area (Å²) >= 11 is 23.6. The third-order valence-corrected chi connectivity index (χ3v) is 13.4. The Morgan fingerprint density at radius 2 is 0.779 bits per heavy atom. The van der Waals surface area contributed by atoms with Crippen LogP contribution in [0.5, 0.6) is 23.0 Å². The first-order valence-corrected chi connectivity index (χ1v) is 23.4. The number of carboxylic acids is 2. The van der Waals surface area contributed by atoms with Crippen molar-refractivity contribution >= 4 is 113 Å². The number of anilines is 4. The van der Waals surface area contributed by atoms with Crippen LogP contribution in [0, 0.1) is 0 Å². The second-order valence-electron chi connectivity index (χ2n) is 13.6. The lowest BCUT2D eigenvalue weighted by molar-refractivity contribution is 0.0686. The molecule has 0 unspecified atom stereocenters. The molecule has 0 radical (unpaired) electrons. The normalized spacial score (nSPS) is 10.9. The molecule has 0 spiro atoms. The average Bonchev–Trinajstić information content (AvgIpc) is 3.30. The van der Waals surface area contributed by atoms with E-state index in [9.17, 15) is 36.0 Å². The number of carboxylic acid groups (broad SMARTS) is 2. The topological polar surface area (TPSA) is 262 Å². The van der Waals surface area contributed by atoms with E-state index in [1.54, 1.807) is 0 Å². The summed E-state index contributed by atoms with van der Waals surface area (Å²) in [4.78, 5) is 47.3. The van der Waals surface area contributed by atoms with Gasteiger partial charge >= 0.3 is 11.9 Å². The standard InChI is InChI=1S/2C22H18Cl2N2O7S/c2*1-32-19-10-13(21(27)25-14-5-3-12(4-6-14)22(28)29)9-18(20(19)33-2)26-34(30,31)15-7-8-16(23)17(24)11-15/h2*3-11,26H,1-2H3,(H,25,27)(H,28,29). The zero-order valence-electron chi connectivity index (χ0n) is 35.5. The van der Waals surface area contributed by atoms with Crippen molar-refractivity contribution < 1.29 is 65.2 Å². The van der Waals surface area contributed by atoms with Crippen LogP contribution in [0.1, 0.15) is 41.4 Å². The Kier molecular flexibility index (Phi) is 17.0. The van der Waals surface area contributed by atoms with E-state index >= 15 is 0 Å². The molecule has 68 heavy (non-hydrogen) atoms. The van der Waals surface area contributed by atoms with Crippen molar-refractivity contribution in [2.45, 2.75) is 9.79 Å². The van der Waals surface area contributed by atoms with Crippen molar-refractivity contribution in [3.05, 3.63) is 152 Å². The summed E-state index contributed by atoms with van der Waals surface area (Å²) in [6.07, 6.45) is 0. The molecular formula is C44H36Cl4N4O14S2. The second-order valence-corrected chi connectivity index (χ2v) is 18.5. The summed E-state index contributed by atoms with van der Waals surface area (Å²) in [6, 6.07) is 24.0. The number of hydrogen-bond donors (Lipinski definition) is 6. The maximum absolute atomic E-state index is 12.9. The van der Waals surface area contributed by atoms with Crippen LogP contribution < -0.4 is 39.0 Å². The fourth-order valence-corrected chi connectivity index (χ4v) is 8.72. The molecule has 0 aliphatic carbocycles. The summed E-state index contributed by atoms with van der Waals surface area (Å²) in [7, 11) is -2.98. The molecule has 0 bridgehead atoms. The zero-order chi connectivity index (χ0) is 50.1. The van der Waals surface area contributed by atoms with Gasteiger partial charge in [0.25, 0.3) is 31.9 Å². The summed E-state index contributed by atoms with van der Waals surface area (Å²) in [6.45, 7) is 0. The van der Waals surface area contributed by atoms with Crippen molar-refractivity contribution in [1.29, 1.82) is 0 Å². The molecule has 0 aliphatic rings. The van der Waals surface area contributed by atoms with Gasteiger partial charge in [-0.2, -0.15) is 0 Å². The van der Waals surface area contributed by atoms with Gasteiger partial charge in [0, 0.05) is 22.5 Å². The highest BCUT2D eigenvalue weighted by molar-refractivity contribution is 7.93. The minimum atomic E-state index is -4.14. The van der Waals surface area contributed by atoms with Crippen molar-refractivity contribution in [3.63, 3.8) is 0 Å². The van der Waals surface area contributed by atoms with Gasteiger partial charge in [-0.3, -0.25) is 19.0 Å². The van der Waals surface area contributed by atoms with Crippen molar-refractivity contribution in [3.8, 4) is 23.0 Å². The molecule has 356 valence electrons. The fourth-order valence-electron chi connectivity index (χ4n) is 5.84. The van der Waals surface area contributed by atoms with E-state index < -0.39 is 43.8 Å². The lowest BCUT2D eigenvalue weighted by atomic mass is 10.1. The van der Waals surface area contributed by atoms with Crippen LogP contribution >= 0.6 is 46.4 Å². The smallest absolute Gasteiger partial charge is 0.335 e. The van der Waals surface area contributed by atoms with Crippen LogP contribution in [0.3, 0.4) is 0 Å². The Labute approximate surface area is 408 Å². The molecule has 0 aromatic heterocycles. The SMILES string of the molecule is COc1cc(C(=O)Nc2ccc(C(=O)O)cc2)cc(NS(=O)(=O)c2ccc(Cl)c(Cl)c2)c1OC.COc1cc(C(=O)Nc2ccc(C(=O)O)cc2)cc(NS(=O)(=O)c2ccc(Cl)c(Cl)c2)c1OC. The van der Waals surface area contributed by atoms with Gasteiger partial charge in [-0.15, -0.1) is 0 Å². The number of aromatic carboxylic acids is 2. The third kappa shape index (κ3) is 12.7. The van der Waals surface area contributed by atoms with Gasteiger partial charge in [0.05, 0.1) is 80.8 Å². The van der Waals surface area contributed by atoms with Crippen LogP contribution in [-0.2, 0) is 20.0 Å². The molecule has 18 nitrogen and oxygen atoms in total. The lowest BCUT2D eigenvalue weighted by Crippen LogP contribution is -2.16. The number of benzene rings is 6. The van der Waals surface area contributed by atoms with Gasteiger partial charge in [-0.05, 0) is 109 Å². The number of nitrogens with one attached hydrogen (secondary N) is 4. The summed E-state index contributed by atoms with van der Waals surface area (Å²) in [5, 5.41) is 23.7. The van der Waals surface area contributed by atoms with Gasteiger partial charge in [-0.1, -0.05) is 46.4 Å². The minimum absolute atomic E-state index is 0.0480. The molecule has 0 fully saturated rings. The summed E-state index contributed by atoms with van der Waals surface area (Å²) < 4.78 is 77.6. The number of sulfonamides is 2. The number of halogens is 4. The van der Waals surface area contributed by atoms with Crippen molar-refractivity contribution in [2.24, 2.45) is 0 Å². The molecule has 0 saturated heterocycles. The third-order valence-electron chi connectivity index (χ3n) is 9.15.